The first-order valence-electron chi connectivity index (χ1n) is 6.82. The zero-order chi connectivity index (χ0) is 15.6. The third-order valence-corrected chi connectivity index (χ3v) is 4.42. The van der Waals surface area contributed by atoms with E-state index in [2.05, 4.69) is 0 Å². The second-order valence-corrected chi connectivity index (χ2v) is 5.79. The van der Waals surface area contributed by atoms with Crippen LogP contribution in [0.4, 0.5) is 11.4 Å². The van der Waals surface area contributed by atoms with Gasteiger partial charge >= 0.3 is 5.97 Å². The second kappa shape index (κ2) is 5.89. The number of aliphatic carboxylic acids is 1. The molecule has 1 unspecified atom stereocenters. The minimum absolute atomic E-state index is 0.0835. The Morgan fingerprint density at radius 2 is 2.29 bits per heavy atom. The van der Waals surface area contributed by atoms with E-state index < -0.39 is 16.3 Å². The summed E-state index contributed by atoms with van der Waals surface area (Å²) in [5.74, 6) is -0.841. The predicted molar refractivity (Wildman–Crippen MR) is 79.9 cm³/mol. The molecule has 1 N–H and O–H groups in total. The van der Waals surface area contributed by atoms with E-state index in [1.165, 1.54) is 6.07 Å². The average molecular weight is 313 g/mol. The topological polar surface area (TPSA) is 83.7 Å². The first kappa shape index (κ1) is 15.6. The number of halogens is 1. The number of carboxylic acids is 1. The van der Waals surface area contributed by atoms with E-state index in [9.17, 15) is 20.0 Å². The lowest BCUT2D eigenvalue weighted by Crippen LogP contribution is -2.47. The summed E-state index contributed by atoms with van der Waals surface area (Å²) >= 11 is 5.82. The van der Waals surface area contributed by atoms with Crippen molar-refractivity contribution in [2.45, 2.75) is 26.2 Å². The maximum Gasteiger partial charge on any atom is 0.311 e. The van der Waals surface area contributed by atoms with Crippen LogP contribution in [0, 0.1) is 15.5 Å². The molecule has 0 bridgehead atoms. The summed E-state index contributed by atoms with van der Waals surface area (Å²) in [6, 6.07) is 4.49. The SMILES string of the molecule is CCC1(C(=O)O)CCCN(c2ccc(Cl)cc2[N+](=O)[O-])C1. The Balaban J connectivity index is 2.38. The molecular weight excluding hydrogens is 296 g/mol. The molecule has 1 atom stereocenters. The van der Waals surface area contributed by atoms with E-state index in [1.54, 1.807) is 17.0 Å². The molecule has 21 heavy (non-hydrogen) atoms. The van der Waals surface area contributed by atoms with Gasteiger partial charge in [0.25, 0.3) is 5.69 Å². The fraction of sp³-hybridized carbons (Fsp3) is 0.500. The van der Waals surface area contributed by atoms with Crippen LogP contribution in [0.25, 0.3) is 0 Å². The third kappa shape index (κ3) is 2.95. The molecule has 0 aromatic heterocycles. The first-order valence-corrected chi connectivity index (χ1v) is 7.20. The van der Waals surface area contributed by atoms with Gasteiger partial charge in [0.1, 0.15) is 5.69 Å². The number of hydrogen-bond donors (Lipinski definition) is 1. The van der Waals surface area contributed by atoms with Crippen LogP contribution >= 0.6 is 11.6 Å². The number of rotatable bonds is 4. The minimum atomic E-state index is -0.842. The summed E-state index contributed by atoms with van der Waals surface area (Å²) in [7, 11) is 0. The molecule has 1 heterocycles. The molecule has 114 valence electrons. The van der Waals surface area contributed by atoms with Crippen LogP contribution in [0.5, 0.6) is 0 Å². The number of nitrogens with zero attached hydrogens (tertiary/aromatic N) is 2. The van der Waals surface area contributed by atoms with Crippen molar-refractivity contribution in [2.24, 2.45) is 5.41 Å². The largest absolute Gasteiger partial charge is 0.481 e. The van der Waals surface area contributed by atoms with E-state index in [0.29, 0.717) is 36.5 Å². The van der Waals surface area contributed by atoms with E-state index in [4.69, 9.17) is 11.6 Å². The maximum absolute atomic E-state index is 11.6. The van der Waals surface area contributed by atoms with Crippen LogP contribution < -0.4 is 4.90 Å². The van der Waals surface area contributed by atoms with Gasteiger partial charge in [0, 0.05) is 24.2 Å². The molecule has 6 nitrogen and oxygen atoms in total. The lowest BCUT2D eigenvalue weighted by molar-refractivity contribution is -0.384. The van der Waals surface area contributed by atoms with Crippen molar-refractivity contribution in [1.29, 1.82) is 0 Å². The molecule has 0 saturated carbocycles. The highest BCUT2D eigenvalue weighted by molar-refractivity contribution is 6.30. The maximum atomic E-state index is 11.6. The van der Waals surface area contributed by atoms with Crippen LogP contribution in [-0.2, 0) is 4.79 Å². The van der Waals surface area contributed by atoms with Crippen molar-refractivity contribution in [2.75, 3.05) is 18.0 Å². The second-order valence-electron chi connectivity index (χ2n) is 5.35. The quantitative estimate of drug-likeness (QED) is 0.681. The Kier molecular flexibility index (Phi) is 4.37. The molecule has 1 saturated heterocycles. The standard InChI is InChI=1S/C14H17ClN2O4/c1-2-14(13(18)19)6-3-7-16(9-14)11-5-4-10(15)8-12(11)17(20)21/h4-5,8H,2-3,6-7,9H2,1H3,(H,18,19). The van der Waals surface area contributed by atoms with Gasteiger partial charge in [-0.3, -0.25) is 14.9 Å². The Morgan fingerprint density at radius 3 is 2.86 bits per heavy atom. The van der Waals surface area contributed by atoms with Crippen molar-refractivity contribution >= 4 is 28.9 Å². The van der Waals surface area contributed by atoms with E-state index in [0.717, 1.165) is 0 Å². The van der Waals surface area contributed by atoms with Crippen LogP contribution in [0.15, 0.2) is 18.2 Å². The van der Waals surface area contributed by atoms with Crippen molar-refractivity contribution < 1.29 is 14.8 Å². The van der Waals surface area contributed by atoms with Crippen LogP contribution in [0.3, 0.4) is 0 Å². The molecule has 1 aromatic rings. The van der Waals surface area contributed by atoms with Crippen molar-refractivity contribution in [3.8, 4) is 0 Å². The number of carboxylic acid groups (broad SMARTS) is 1. The van der Waals surface area contributed by atoms with E-state index in [-0.39, 0.29) is 12.2 Å². The molecule has 1 fully saturated rings. The Morgan fingerprint density at radius 1 is 1.57 bits per heavy atom. The summed E-state index contributed by atoms with van der Waals surface area (Å²) in [6.45, 7) is 2.73. The fourth-order valence-electron chi connectivity index (χ4n) is 2.86. The van der Waals surface area contributed by atoms with Crippen LogP contribution in [0.1, 0.15) is 26.2 Å². The number of carbonyl (C=O) groups is 1. The molecule has 0 amide bonds. The normalized spacial score (nSPS) is 22.1. The van der Waals surface area contributed by atoms with Gasteiger partial charge in [-0.1, -0.05) is 18.5 Å². The number of piperidine rings is 1. The number of hydrogen-bond acceptors (Lipinski definition) is 4. The van der Waals surface area contributed by atoms with Crippen molar-refractivity contribution in [1.82, 2.24) is 0 Å². The highest BCUT2D eigenvalue weighted by Gasteiger charge is 2.41. The summed E-state index contributed by atoms with van der Waals surface area (Å²) < 4.78 is 0. The smallest absolute Gasteiger partial charge is 0.311 e. The Hall–Kier alpha value is -1.82. The van der Waals surface area contributed by atoms with Gasteiger partial charge < -0.3 is 10.0 Å². The molecule has 7 heteroatoms. The Labute approximate surface area is 127 Å². The van der Waals surface area contributed by atoms with E-state index in [1.807, 2.05) is 6.92 Å². The molecule has 1 aromatic carbocycles. The first-order chi connectivity index (χ1) is 9.89. The number of nitro benzene ring substituents is 1. The zero-order valence-electron chi connectivity index (χ0n) is 11.7. The lowest BCUT2D eigenvalue weighted by atomic mass is 9.77. The molecule has 1 aliphatic rings. The van der Waals surface area contributed by atoms with Gasteiger partial charge in [-0.05, 0) is 31.4 Å². The molecule has 2 rings (SSSR count). The van der Waals surface area contributed by atoms with Crippen LogP contribution in [-0.4, -0.2) is 29.1 Å². The monoisotopic (exact) mass is 312 g/mol. The summed E-state index contributed by atoms with van der Waals surface area (Å²) in [5.41, 5.74) is -0.492. The number of anilines is 1. The van der Waals surface area contributed by atoms with Crippen LogP contribution in [0.2, 0.25) is 5.02 Å². The zero-order valence-corrected chi connectivity index (χ0v) is 12.5. The van der Waals surface area contributed by atoms with Gasteiger partial charge in [0.2, 0.25) is 0 Å². The average Bonchev–Trinajstić information content (AvgIpc) is 2.46. The molecule has 1 aliphatic heterocycles. The summed E-state index contributed by atoms with van der Waals surface area (Å²) in [5, 5.41) is 21.0. The fourth-order valence-corrected chi connectivity index (χ4v) is 3.03. The summed E-state index contributed by atoms with van der Waals surface area (Å²) in [4.78, 5) is 24.1. The van der Waals surface area contributed by atoms with Gasteiger partial charge in [-0.25, -0.2) is 0 Å². The minimum Gasteiger partial charge on any atom is -0.481 e. The number of nitro groups is 1. The van der Waals surface area contributed by atoms with Gasteiger partial charge in [-0.2, -0.15) is 0 Å². The van der Waals surface area contributed by atoms with Crippen molar-refractivity contribution in [3.05, 3.63) is 33.3 Å². The highest BCUT2D eigenvalue weighted by Crippen LogP contribution is 2.39. The van der Waals surface area contributed by atoms with E-state index >= 15 is 0 Å². The van der Waals surface area contributed by atoms with Gasteiger partial charge in [0.05, 0.1) is 10.3 Å². The van der Waals surface area contributed by atoms with Crippen molar-refractivity contribution in [3.63, 3.8) is 0 Å². The Bertz CT molecular complexity index is 578. The van der Waals surface area contributed by atoms with Gasteiger partial charge in [-0.15, -0.1) is 0 Å². The molecular formula is C14H17ClN2O4. The number of benzene rings is 1. The predicted octanol–water partition coefficient (Wildman–Crippen LogP) is 3.33. The summed E-state index contributed by atoms with van der Waals surface area (Å²) in [6.07, 6.45) is 1.79. The third-order valence-electron chi connectivity index (χ3n) is 4.18. The van der Waals surface area contributed by atoms with Gasteiger partial charge in [0.15, 0.2) is 0 Å². The lowest BCUT2D eigenvalue weighted by Gasteiger charge is -2.40. The highest BCUT2D eigenvalue weighted by atomic mass is 35.5. The molecule has 0 radical (unpaired) electrons. The molecule has 0 spiro atoms. The molecule has 0 aliphatic carbocycles.